The molecule has 1 aromatic rings. The van der Waals surface area contributed by atoms with Gasteiger partial charge in [-0.05, 0) is 34.1 Å². The van der Waals surface area contributed by atoms with Crippen molar-refractivity contribution in [3.63, 3.8) is 0 Å². The summed E-state index contributed by atoms with van der Waals surface area (Å²) in [6, 6.07) is 5.00. The first-order chi connectivity index (χ1) is 9.99. The second-order valence-electron chi connectivity index (χ2n) is 4.25. The third kappa shape index (κ3) is 5.53. The molecule has 0 aromatic heterocycles. The maximum Gasteiger partial charge on any atom is 0.255 e. The van der Waals surface area contributed by atoms with Crippen LogP contribution in [0.3, 0.4) is 0 Å². The van der Waals surface area contributed by atoms with Crippen molar-refractivity contribution < 1.29 is 14.7 Å². The molecule has 8 heteroatoms. The molecule has 0 aliphatic carbocycles. The average Bonchev–Trinajstić information content (AvgIpc) is 2.48. The maximum atomic E-state index is 12.6. The number of rotatable bonds is 7. The van der Waals surface area contributed by atoms with Gasteiger partial charge in [0, 0.05) is 36.1 Å². The number of ether oxygens (including phenoxy) is 1. The fourth-order valence-electron chi connectivity index (χ4n) is 1.65. The van der Waals surface area contributed by atoms with E-state index in [4.69, 9.17) is 27.3 Å². The minimum Gasteiger partial charge on any atom is -0.409 e. The lowest BCUT2D eigenvalue weighted by atomic mass is 10.2. The number of oxime groups is 1. The number of carbonyl (C=O) groups excluding carboxylic acids is 1. The summed E-state index contributed by atoms with van der Waals surface area (Å²) in [5.41, 5.74) is 5.90. The quantitative estimate of drug-likeness (QED) is 0.330. The molecule has 0 spiro atoms. The monoisotopic (exact) mass is 377 g/mol. The predicted molar refractivity (Wildman–Crippen MR) is 85.0 cm³/mol. The minimum atomic E-state index is -0.202. The van der Waals surface area contributed by atoms with Gasteiger partial charge in [-0.1, -0.05) is 16.8 Å². The number of amidine groups is 1. The molecule has 0 saturated carbocycles. The van der Waals surface area contributed by atoms with Gasteiger partial charge < -0.3 is 20.6 Å². The fourth-order valence-corrected chi connectivity index (χ4v) is 2.24. The van der Waals surface area contributed by atoms with Gasteiger partial charge in [0.1, 0.15) is 5.84 Å². The van der Waals surface area contributed by atoms with Gasteiger partial charge in [0.05, 0.1) is 12.2 Å². The van der Waals surface area contributed by atoms with Crippen LogP contribution in [0.15, 0.2) is 27.8 Å². The van der Waals surface area contributed by atoms with Crippen molar-refractivity contribution in [2.75, 3.05) is 26.8 Å². The molecule has 6 nitrogen and oxygen atoms in total. The van der Waals surface area contributed by atoms with Crippen molar-refractivity contribution in [1.82, 2.24) is 4.90 Å². The Kier molecular flexibility index (Phi) is 7.49. The smallest absolute Gasteiger partial charge is 0.255 e. The molecule has 116 valence electrons. The first-order valence-corrected chi connectivity index (χ1v) is 7.36. The number of nitrogens with zero attached hydrogens (tertiary/aromatic N) is 2. The normalized spacial score (nSPS) is 11.5. The Bertz CT molecular complexity index is 525. The third-order valence-electron chi connectivity index (χ3n) is 2.78. The van der Waals surface area contributed by atoms with E-state index in [0.29, 0.717) is 34.8 Å². The molecule has 21 heavy (non-hydrogen) atoms. The van der Waals surface area contributed by atoms with Gasteiger partial charge in [0.15, 0.2) is 0 Å². The molecule has 1 rings (SSSR count). The standard InChI is InChI=1S/C13H17BrClN3O3/c1-21-7-6-18(5-4-12(16)17-20)13(19)10-8-9(15)2-3-11(10)14/h2-3,8,20H,4-7H2,1H3,(H2,16,17). The van der Waals surface area contributed by atoms with Crippen molar-refractivity contribution in [3.05, 3.63) is 33.3 Å². The molecule has 1 amide bonds. The van der Waals surface area contributed by atoms with Gasteiger partial charge in [0.25, 0.3) is 5.91 Å². The Labute approximate surface area is 136 Å². The summed E-state index contributed by atoms with van der Waals surface area (Å²) >= 11 is 9.27. The van der Waals surface area contributed by atoms with E-state index < -0.39 is 0 Å². The molecule has 0 atom stereocenters. The van der Waals surface area contributed by atoms with E-state index in [2.05, 4.69) is 21.1 Å². The van der Waals surface area contributed by atoms with E-state index in [-0.39, 0.29) is 18.2 Å². The topological polar surface area (TPSA) is 88.2 Å². The number of carbonyl (C=O) groups is 1. The highest BCUT2D eigenvalue weighted by Crippen LogP contribution is 2.22. The SMILES string of the molecule is COCCN(CC/C(N)=N/O)C(=O)c1cc(Cl)ccc1Br. The van der Waals surface area contributed by atoms with Crippen molar-refractivity contribution in [2.45, 2.75) is 6.42 Å². The van der Waals surface area contributed by atoms with E-state index in [1.165, 1.54) is 0 Å². The van der Waals surface area contributed by atoms with Crippen LogP contribution in [0.2, 0.25) is 5.02 Å². The summed E-state index contributed by atoms with van der Waals surface area (Å²) in [7, 11) is 1.56. The van der Waals surface area contributed by atoms with Crippen LogP contribution in [0.5, 0.6) is 0 Å². The number of benzene rings is 1. The Morgan fingerprint density at radius 3 is 2.86 bits per heavy atom. The second kappa shape index (κ2) is 8.86. The Balaban J connectivity index is 2.90. The molecule has 0 fully saturated rings. The molecule has 1 aromatic carbocycles. The van der Waals surface area contributed by atoms with E-state index in [1.54, 1.807) is 30.2 Å². The summed E-state index contributed by atoms with van der Waals surface area (Å²) in [4.78, 5) is 14.1. The zero-order valence-electron chi connectivity index (χ0n) is 11.6. The average molecular weight is 379 g/mol. The summed E-state index contributed by atoms with van der Waals surface area (Å²) in [6.45, 7) is 1.10. The largest absolute Gasteiger partial charge is 0.409 e. The van der Waals surface area contributed by atoms with Gasteiger partial charge in [-0.3, -0.25) is 4.79 Å². The van der Waals surface area contributed by atoms with Crippen molar-refractivity contribution in [3.8, 4) is 0 Å². The van der Waals surface area contributed by atoms with Gasteiger partial charge in [-0.2, -0.15) is 0 Å². The molecule has 0 heterocycles. The number of hydrogen-bond acceptors (Lipinski definition) is 4. The van der Waals surface area contributed by atoms with Crippen molar-refractivity contribution in [1.29, 1.82) is 0 Å². The summed E-state index contributed by atoms with van der Waals surface area (Å²) < 4.78 is 5.66. The van der Waals surface area contributed by atoms with E-state index in [9.17, 15) is 4.79 Å². The lowest BCUT2D eigenvalue weighted by Gasteiger charge is -2.23. The number of nitrogens with two attached hydrogens (primary N) is 1. The number of amides is 1. The fraction of sp³-hybridized carbons (Fsp3) is 0.385. The van der Waals surface area contributed by atoms with Gasteiger partial charge in [-0.25, -0.2) is 0 Å². The van der Waals surface area contributed by atoms with Gasteiger partial charge in [-0.15, -0.1) is 0 Å². The third-order valence-corrected chi connectivity index (χ3v) is 3.70. The lowest BCUT2D eigenvalue weighted by Crippen LogP contribution is -2.36. The Morgan fingerprint density at radius 2 is 2.24 bits per heavy atom. The van der Waals surface area contributed by atoms with Crippen LogP contribution >= 0.6 is 27.5 Å². The Morgan fingerprint density at radius 1 is 1.52 bits per heavy atom. The highest BCUT2D eigenvalue weighted by molar-refractivity contribution is 9.10. The highest BCUT2D eigenvalue weighted by Gasteiger charge is 2.18. The molecule has 0 unspecified atom stereocenters. The van der Waals surface area contributed by atoms with Crippen LogP contribution in [0.25, 0.3) is 0 Å². The number of halogens is 2. The molecule has 0 aliphatic heterocycles. The molecular formula is C13H17BrClN3O3. The number of methoxy groups -OCH3 is 1. The maximum absolute atomic E-state index is 12.6. The number of hydrogen-bond donors (Lipinski definition) is 2. The van der Waals surface area contributed by atoms with E-state index >= 15 is 0 Å². The van der Waals surface area contributed by atoms with Crippen molar-refractivity contribution in [2.24, 2.45) is 10.9 Å². The zero-order chi connectivity index (χ0) is 15.8. The first-order valence-electron chi connectivity index (χ1n) is 6.19. The van der Waals surface area contributed by atoms with Crippen LogP contribution in [-0.4, -0.2) is 48.7 Å². The lowest BCUT2D eigenvalue weighted by molar-refractivity contribution is 0.0699. The van der Waals surface area contributed by atoms with Crippen LogP contribution in [0.4, 0.5) is 0 Å². The van der Waals surface area contributed by atoms with E-state index in [1.807, 2.05) is 0 Å². The molecule has 0 bridgehead atoms. The van der Waals surface area contributed by atoms with Crippen LogP contribution in [0, 0.1) is 0 Å². The van der Waals surface area contributed by atoms with Crippen LogP contribution < -0.4 is 5.73 Å². The molecule has 0 radical (unpaired) electrons. The summed E-state index contributed by atoms with van der Waals surface area (Å²) in [5.74, 6) is -0.137. The minimum absolute atomic E-state index is 0.0652. The summed E-state index contributed by atoms with van der Waals surface area (Å²) in [5, 5.41) is 11.9. The zero-order valence-corrected chi connectivity index (χ0v) is 13.9. The first kappa shape index (κ1) is 17.7. The van der Waals surface area contributed by atoms with Crippen molar-refractivity contribution >= 4 is 39.3 Å². The molecule has 0 aliphatic rings. The molecule has 3 N–H and O–H groups in total. The molecule has 0 saturated heterocycles. The molecular weight excluding hydrogens is 362 g/mol. The van der Waals surface area contributed by atoms with Gasteiger partial charge in [0.2, 0.25) is 0 Å². The van der Waals surface area contributed by atoms with Crippen LogP contribution in [-0.2, 0) is 4.74 Å². The summed E-state index contributed by atoms with van der Waals surface area (Å²) in [6.07, 6.45) is 0.268. The Hall–Kier alpha value is -1.31. The van der Waals surface area contributed by atoms with Gasteiger partial charge >= 0.3 is 0 Å². The van der Waals surface area contributed by atoms with Crippen LogP contribution in [0.1, 0.15) is 16.8 Å². The predicted octanol–water partition coefficient (Wildman–Crippen LogP) is 2.33. The van der Waals surface area contributed by atoms with E-state index in [0.717, 1.165) is 0 Å². The highest BCUT2D eigenvalue weighted by atomic mass is 79.9. The second-order valence-corrected chi connectivity index (χ2v) is 5.54.